The highest BCUT2D eigenvalue weighted by Crippen LogP contribution is 2.51. The molecule has 46 heavy (non-hydrogen) atoms. The molecule has 0 N–H and O–H groups in total. The third-order valence-corrected chi connectivity index (χ3v) is 8.90. The lowest BCUT2D eigenvalue weighted by Crippen LogP contribution is -1.97. The van der Waals surface area contributed by atoms with Crippen molar-refractivity contribution in [2.24, 2.45) is 0 Å². The maximum absolute atomic E-state index is 10.1. The molecule has 0 unspecified atom stereocenters. The lowest BCUT2D eigenvalue weighted by atomic mass is 9.86. The van der Waals surface area contributed by atoms with E-state index in [1.807, 2.05) is 0 Å². The fourth-order valence-electron chi connectivity index (χ4n) is 5.94. The molecule has 0 saturated carbocycles. The lowest BCUT2D eigenvalue weighted by molar-refractivity contribution is 1.19. The number of hydrogen-bond acceptors (Lipinski definition) is 1. The zero-order valence-corrected chi connectivity index (χ0v) is 24.0. The van der Waals surface area contributed by atoms with Gasteiger partial charge in [0.2, 0.25) is 0 Å². The van der Waals surface area contributed by atoms with Gasteiger partial charge in [0.1, 0.15) is 0 Å². The Bertz CT molecular complexity index is 3990. The third-order valence-electron chi connectivity index (χ3n) is 7.87. The summed E-state index contributed by atoms with van der Waals surface area (Å²) in [6.07, 6.45) is -0.707. The van der Waals surface area contributed by atoms with E-state index in [-0.39, 0.29) is 64.4 Å². The summed E-state index contributed by atoms with van der Waals surface area (Å²) in [7, 11) is 0. The van der Waals surface area contributed by atoms with Crippen molar-refractivity contribution in [1.82, 2.24) is 0 Å². The second kappa shape index (κ2) is 10.1. The topological polar surface area (TPSA) is 0 Å². The van der Waals surface area contributed by atoms with Gasteiger partial charge in [0.15, 0.2) is 0 Å². The number of rotatable bonds is 4. The Balaban J connectivity index is 1.46. The molecule has 0 aromatic heterocycles. The van der Waals surface area contributed by atoms with E-state index in [1.54, 1.807) is 0 Å². The first-order valence-corrected chi connectivity index (χ1v) is 14.8. The molecule has 1 heterocycles. The molecule has 10 rings (SSSR count). The van der Waals surface area contributed by atoms with Crippen LogP contribution in [0.25, 0.3) is 76.5 Å². The highest BCUT2D eigenvalue weighted by Gasteiger charge is 2.23. The summed E-state index contributed by atoms with van der Waals surface area (Å²) in [5, 5.41) is -2.51. The quantitative estimate of drug-likeness (QED) is 0.175. The van der Waals surface area contributed by atoms with E-state index in [0.717, 1.165) is 6.07 Å². The predicted octanol–water partition coefficient (Wildman–Crippen LogP) is 12.8. The molecule has 0 spiro atoms. The third kappa shape index (κ3) is 3.95. The molecule has 1 heteroatoms. The van der Waals surface area contributed by atoms with Crippen LogP contribution in [0.5, 0.6) is 0 Å². The van der Waals surface area contributed by atoms with Gasteiger partial charge in [0.25, 0.3) is 0 Å². The normalized spacial score (nSPS) is 20.0. The average Bonchev–Trinajstić information content (AvgIpc) is 3.33. The largest absolute Gasteiger partial charge is 0.0888 e. The van der Waals surface area contributed by atoms with E-state index in [2.05, 4.69) is 0 Å². The molecule has 0 fully saturated rings. The molecular weight excluding hydrogens is 573 g/mol. The van der Waals surface area contributed by atoms with Crippen LogP contribution in [-0.4, -0.2) is 0 Å². The van der Waals surface area contributed by atoms with Crippen LogP contribution >= 0.6 is 11.8 Å². The Morgan fingerprint density at radius 3 is 1.93 bits per heavy atom. The van der Waals surface area contributed by atoms with Crippen LogP contribution in [0.15, 0.2) is 167 Å². The minimum atomic E-state index is -0.842. The Labute approximate surface area is 307 Å². The van der Waals surface area contributed by atoms with Crippen molar-refractivity contribution in [2.45, 2.75) is 16.2 Å². The van der Waals surface area contributed by atoms with Gasteiger partial charge in [-0.05, 0) is 101 Å². The fourth-order valence-corrected chi connectivity index (χ4v) is 6.97. The maximum Gasteiger partial charge on any atom is 0.0636 e. The van der Waals surface area contributed by atoms with Gasteiger partial charge in [-0.2, -0.15) is 0 Å². The molecule has 0 radical (unpaired) electrons. The van der Waals surface area contributed by atoms with E-state index in [1.165, 1.54) is 0 Å². The van der Waals surface area contributed by atoms with Crippen LogP contribution in [0.3, 0.4) is 0 Å². The summed E-state index contributed by atoms with van der Waals surface area (Å²) in [6.45, 7) is 0. The van der Waals surface area contributed by atoms with Gasteiger partial charge < -0.3 is 0 Å². The van der Waals surface area contributed by atoms with Crippen LogP contribution in [0.2, 0.25) is 0 Å². The first-order valence-electron chi connectivity index (χ1n) is 26.4. The van der Waals surface area contributed by atoms with Gasteiger partial charge in [-0.3, -0.25) is 0 Å². The first kappa shape index (κ1) is 11.5. The predicted molar refractivity (Wildman–Crippen MR) is 197 cm³/mol. The van der Waals surface area contributed by atoms with E-state index in [4.69, 9.17) is 23.3 Å². The van der Waals surface area contributed by atoms with Gasteiger partial charge in [-0.25, -0.2) is 0 Å². The monoisotopic (exact) mass is 625 g/mol. The molecule has 1 aliphatic heterocycles. The average molecular weight is 626 g/mol. The van der Waals surface area contributed by atoms with Crippen LogP contribution in [0, 0.1) is 0 Å². The van der Waals surface area contributed by atoms with Gasteiger partial charge in [0.05, 0.1) is 34.3 Å². The van der Waals surface area contributed by atoms with E-state index < -0.39 is 191 Å². The molecular formula is C45H28S. The number of hydrogen-bond donors (Lipinski definition) is 0. The molecule has 0 saturated heterocycles. The van der Waals surface area contributed by atoms with Crippen molar-refractivity contribution < 1.29 is 34.3 Å². The van der Waals surface area contributed by atoms with Crippen molar-refractivity contribution in [3.05, 3.63) is 168 Å². The molecule has 9 aromatic carbocycles. The van der Waals surface area contributed by atoms with Gasteiger partial charge in [0, 0.05) is 20.7 Å². The molecule has 0 bridgehead atoms. The van der Waals surface area contributed by atoms with Crippen LogP contribution < -0.4 is 0 Å². The highest BCUT2D eigenvalue weighted by atomic mass is 32.2. The first-order chi connectivity index (χ1) is 33.2. The summed E-state index contributed by atoms with van der Waals surface area (Å²) in [5.41, 5.74) is -3.42. The van der Waals surface area contributed by atoms with Crippen molar-refractivity contribution in [3.63, 3.8) is 0 Å². The van der Waals surface area contributed by atoms with E-state index >= 15 is 0 Å². The Kier molecular flexibility index (Phi) is 2.51. The fraction of sp³-hybridized carbons (Fsp3) is 0.0222. The van der Waals surface area contributed by atoms with Gasteiger partial charge in [-0.1, -0.05) is 151 Å². The molecule has 0 amide bonds. The van der Waals surface area contributed by atoms with Crippen molar-refractivity contribution in [1.29, 1.82) is 0 Å². The zero-order valence-electron chi connectivity index (χ0n) is 48.2. The SMILES string of the molecule is [2H]c1c([2H])c([2H])c(Cc2cc(-c3c([2H])c([2H])c4c([2H])c([2H])c5c([2H])c([2H])c([2H])c6c([2H])c([2H])c3c4c56)c([2H])c(-c3c([2H])c([2H])c([2H])c4c3-c3c([2H])c([2H])c([2H])c5c([2H])c([2H])c([2H])c(c35)S4)c2[2H])c([2H])c1[2H]. The smallest absolute Gasteiger partial charge is 0.0636 e. The summed E-state index contributed by atoms with van der Waals surface area (Å²) < 4.78 is 225. The zero-order chi connectivity index (χ0) is 51.9. The molecule has 1 aliphatic rings. The summed E-state index contributed by atoms with van der Waals surface area (Å²) >= 11 is 0.635. The van der Waals surface area contributed by atoms with Crippen molar-refractivity contribution >= 4 is 54.9 Å². The lowest BCUT2D eigenvalue weighted by Gasteiger charge is -2.23. The Morgan fingerprint density at radius 1 is 0.435 bits per heavy atom. The second-order valence-corrected chi connectivity index (χ2v) is 11.5. The maximum atomic E-state index is 10.1. The molecule has 9 aromatic rings. The summed E-state index contributed by atoms with van der Waals surface area (Å²) in [4.78, 5) is -0.360. The summed E-state index contributed by atoms with van der Waals surface area (Å²) in [5.74, 6) is 0. The second-order valence-electron chi connectivity index (χ2n) is 10.5. The Hall–Kier alpha value is -5.37. The van der Waals surface area contributed by atoms with Crippen LogP contribution in [0.4, 0.5) is 0 Å². The number of benzene rings is 9. The minimum absolute atomic E-state index is 0.117. The van der Waals surface area contributed by atoms with E-state index in [9.17, 15) is 11.0 Å². The molecule has 0 atom stereocenters. The number of fused-ring (bicyclic) bond motifs is 2. The van der Waals surface area contributed by atoms with Crippen LogP contribution in [-0.2, 0) is 6.42 Å². The van der Waals surface area contributed by atoms with Crippen molar-refractivity contribution in [3.8, 4) is 33.4 Å². The summed E-state index contributed by atoms with van der Waals surface area (Å²) in [6, 6.07) is -16.7. The van der Waals surface area contributed by atoms with E-state index in [0.29, 0.717) is 11.8 Å². The standard InChI is InChI=1S/C45H28S/c1-2-8-28(9-3-1)24-29-25-34(36-22-20-33-19-18-31-10-4-11-32-21-23-38(36)44(33)42(31)32)27-35(26-29)37-14-7-17-41-45(37)39-15-5-12-30-13-6-16-40(46-41)43(30)39/h1-23,25-27H,24H2/i1D,2D,3D,4D,5D,6D,7D,8D,9D,10D,11D,12D,13D,14D,15D,16D,17D,18D,19D,20D,21D,22D,23D,26D,27D. The van der Waals surface area contributed by atoms with Gasteiger partial charge >= 0.3 is 0 Å². The van der Waals surface area contributed by atoms with Crippen molar-refractivity contribution in [2.75, 3.05) is 0 Å². The molecule has 0 aliphatic carbocycles. The highest BCUT2D eigenvalue weighted by molar-refractivity contribution is 7.99. The van der Waals surface area contributed by atoms with Gasteiger partial charge in [-0.15, -0.1) is 0 Å². The Morgan fingerprint density at radius 2 is 1.09 bits per heavy atom. The minimum Gasteiger partial charge on any atom is -0.0888 e. The van der Waals surface area contributed by atoms with Crippen LogP contribution in [0.1, 0.15) is 45.4 Å². The molecule has 214 valence electrons. The molecule has 0 nitrogen and oxygen atoms in total.